The number of benzene rings is 1. The van der Waals surface area contributed by atoms with Gasteiger partial charge in [-0.05, 0) is 25.0 Å². The van der Waals surface area contributed by atoms with Gasteiger partial charge in [0.05, 0.1) is 31.2 Å². The van der Waals surface area contributed by atoms with Crippen LogP contribution in [0.1, 0.15) is 12.8 Å². The van der Waals surface area contributed by atoms with E-state index in [2.05, 4.69) is 34.0 Å². The molecule has 0 saturated carbocycles. The summed E-state index contributed by atoms with van der Waals surface area (Å²) < 4.78 is 12.2. The number of morpholine rings is 1. The van der Waals surface area contributed by atoms with Crippen molar-refractivity contribution in [2.24, 2.45) is 11.8 Å². The van der Waals surface area contributed by atoms with Gasteiger partial charge in [-0.3, -0.25) is 19.3 Å². The predicted octanol–water partition coefficient (Wildman–Crippen LogP) is 1.68. The fraction of sp³-hybridized carbons (Fsp3) is 0.581. The van der Waals surface area contributed by atoms with Crippen LogP contribution >= 0.6 is 15.9 Å². The lowest BCUT2D eigenvalue weighted by molar-refractivity contribution is -0.148. The number of carbonyl (C=O) groups excluding carboxylic acids is 3. The maximum Gasteiger partial charge on any atom is 0.248 e. The van der Waals surface area contributed by atoms with Gasteiger partial charge in [-0.2, -0.15) is 0 Å². The van der Waals surface area contributed by atoms with Gasteiger partial charge in [-0.1, -0.05) is 46.3 Å². The van der Waals surface area contributed by atoms with Gasteiger partial charge in [0.15, 0.2) is 0 Å². The molecule has 4 saturated heterocycles. The van der Waals surface area contributed by atoms with Crippen LogP contribution in [0.5, 0.6) is 0 Å². The average Bonchev–Trinajstić information content (AvgIpc) is 3.60. The number of likely N-dealkylation sites (tertiary alicyclic amines) is 1. The maximum absolute atomic E-state index is 14.5. The highest BCUT2D eigenvalue weighted by Crippen LogP contribution is 2.60. The van der Waals surface area contributed by atoms with Gasteiger partial charge in [-0.15, -0.1) is 13.2 Å². The van der Waals surface area contributed by atoms with E-state index < -0.39 is 29.6 Å². The van der Waals surface area contributed by atoms with Crippen molar-refractivity contribution in [2.45, 2.75) is 35.4 Å². The number of ether oxygens (including phenoxy) is 2. The van der Waals surface area contributed by atoms with E-state index >= 15 is 0 Å². The Labute approximate surface area is 256 Å². The zero-order chi connectivity index (χ0) is 29.9. The molecule has 1 aromatic rings. The molecule has 3 unspecified atom stereocenters. The lowest BCUT2D eigenvalue weighted by atomic mass is 9.70. The molecule has 0 aliphatic carbocycles. The minimum absolute atomic E-state index is 0.121. The Kier molecular flexibility index (Phi) is 9.84. The number of amides is 3. The Morgan fingerprint density at radius 2 is 1.81 bits per heavy atom. The number of fused-ring (bicyclic) bond motifs is 1. The molecule has 3 amide bonds. The van der Waals surface area contributed by atoms with E-state index in [1.807, 2.05) is 30.3 Å². The number of hydrogen-bond donors (Lipinski definition) is 1. The fourth-order valence-corrected chi connectivity index (χ4v) is 8.06. The quantitative estimate of drug-likeness (QED) is 0.258. The molecule has 6 atom stereocenters. The zero-order valence-electron chi connectivity index (χ0n) is 24.0. The number of carbonyl (C=O) groups is 3. The Morgan fingerprint density at radius 3 is 2.48 bits per heavy atom. The molecule has 0 aromatic heterocycles. The first kappa shape index (κ1) is 30.9. The van der Waals surface area contributed by atoms with Gasteiger partial charge in [0.2, 0.25) is 17.7 Å². The molecule has 4 aliphatic heterocycles. The number of aliphatic hydroxyl groups excluding tert-OH is 1. The van der Waals surface area contributed by atoms with Crippen molar-refractivity contribution >= 4 is 39.3 Å². The second-order valence-electron chi connectivity index (χ2n) is 11.4. The number of alkyl halides is 1. The second kappa shape index (κ2) is 13.4. The molecule has 2 bridgehead atoms. The number of nitrogens with zero attached hydrogens (tertiary/aromatic N) is 4. The van der Waals surface area contributed by atoms with Crippen LogP contribution in [0.2, 0.25) is 0 Å². The van der Waals surface area contributed by atoms with Crippen molar-refractivity contribution < 1.29 is 29.0 Å². The molecular formula is C31H41BrN4O6. The number of hydrogen-bond acceptors (Lipinski definition) is 7. The predicted molar refractivity (Wildman–Crippen MR) is 162 cm³/mol. The smallest absolute Gasteiger partial charge is 0.248 e. The molecule has 228 valence electrons. The summed E-state index contributed by atoms with van der Waals surface area (Å²) in [5.41, 5.74) is -0.446. The molecule has 1 spiro atoms. The van der Waals surface area contributed by atoms with E-state index in [0.717, 1.165) is 13.1 Å². The Hall–Kier alpha value is -2.57. The summed E-state index contributed by atoms with van der Waals surface area (Å²) in [7, 11) is 0. The minimum atomic E-state index is -1.16. The van der Waals surface area contributed by atoms with Crippen LogP contribution in [0.3, 0.4) is 0 Å². The van der Waals surface area contributed by atoms with Crippen molar-refractivity contribution in [3.8, 4) is 0 Å². The third kappa shape index (κ3) is 5.57. The van der Waals surface area contributed by atoms with Crippen LogP contribution in [0, 0.1) is 11.8 Å². The molecule has 0 radical (unpaired) electrons. The molecular weight excluding hydrogens is 604 g/mol. The van der Waals surface area contributed by atoms with Crippen molar-refractivity contribution in [2.75, 3.05) is 70.5 Å². The molecule has 1 N–H and O–H groups in total. The van der Waals surface area contributed by atoms with E-state index in [1.165, 1.54) is 0 Å². The normalized spacial score (nSPS) is 30.3. The number of anilines is 1. The number of rotatable bonds is 13. The number of halogens is 1. The van der Waals surface area contributed by atoms with Crippen LogP contribution in [0.4, 0.5) is 5.69 Å². The topological polar surface area (TPSA) is 103 Å². The van der Waals surface area contributed by atoms with Crippen molar-refractivity contribution in [1.82, 2.24) is 14.7 Å². The number of para-hydroxylation sites is 1. The van der Waals surface area contributed by atoms with Crippen molar-refractivity contribution in [3.63, 3.8) is 0 Å². The van der Waals surface area contributed by atoms with Gasteiger partial charge in [-0.25, -0.2) is 0 Å². The summed E-state index contributed by atoms with van der Waals surface area (Å²) in [4.78, 5) is 50.0. The first-order valence-electron chi connectivity index (χ1n) is 14.8. The van der Waals surface area contributed by atoms with E-state index in [1.54, 1.807) is 26.9 Å². The summed E-state index contributed by atoms with van der Waals surface area (Å²) >= 11 is 3.75. The fourth-order valence-electron chi connectivity index (χ4n) is 7.12. The Balaban J connectivity index is 1.48. The summed E-state index contributed by atoms with van der Waals surface area (Å²) in [6.07, 6.45) is 3.56. The summed E-state index contributed by atoms with van der Waals surface area (Å²) in [5, 5.41) is 9.66. The molecule has 5 rings (SSSR count). The molecule has 4 fully saturated rings. The Morgan fingerprint density at radius 1 is 1.10 bits per heavy atom. The third-order valence-electron chi connectivity index (χ3n) is 8.96. The largest absolute Gasteiger partial charge is 0.396 e. The highest BCUT2D eigenvalue weighted by atomic mass is 79.9. The summed E-state index contributed by atoms with van der Waals surface area (Å²) in [6, 6.07) is 8.42. The molecule has 10 nitrogen and oxygen atoms in total. The first-order valence-corrected chi connectivity index (χ1v) is 15.7. The zero-order valence-corrected chi connectivity index (χ0v) is 25.6. The molecule has 4 aliphatic rings. The van der Waals surface area contributed by atoms with E-state index in [0.29, 0.717) is 51.4 Å². The Bertz CT molecular complexity index is 1160. The molecule has 42 heavy (non-hydrogen) atoms. The summed E-state index contributed by atoms with van der Waals surface area (Å²) in [5.74, 6) is -2.28. The average molecular weight is 646 g/mol. The lowest BCUT2D eigenvalue weighted by Gasteiger charge is -2.38. The second-order valence-corrected chi connectivity index (χ2v) is 12.5. The van der Waals surface area contributed by atoms with Gasteiger partial charge >= 0.3 is 0 Å². The highest BCUT2D eigenvalue weighted by Gasteiger charge is 2.76. The highest BCUT2D eigenvalue weighted by molar-refractivity contribution is 9.09. The molecule has 4 heterocycles. The van der Waals surface area contributed by atoms with Gasteiger partial charge in [0, 0.05) is 62.9 Å². The molecule has 1 aromatic carbocycles. The van der Waals surface area contributed by atoms with Crippen LogP contribution in [0.25, 0.3) is 0 Å². The van der Waals surface area contributed by atoms with Gasteiger partial charge in [0.1, 0.15) is 11.6 Å². The van der Waals surface area contributed by atoms with E-state index in [9.17, 15) is 19.5 Å². The van der Waals surface area contributed by atoms with E-state index in [4.69, 9.17) is 9.47 Å². The monoisotopic (exact) mass is 644 g/mol. The van der Waals surface area contributed by atoms with Crippen LogP contribution < -0.4 is 4.90 Å². The lowest BCUT2D eigenvalue weighted by Crippen LogP contribution is -2.58. The minimum Gasteiger partial charge on any atom is -0.396 e. The maximum atomic E-state index is 14.5. The third-order valence-corrected chi connectivity index (χ3v) is 9.81. The first-order chi connectivity index (χ1) is 20.4. The number of aliphatic hydroxyl groups is 1. The van der Waals surface area contributed by atoms with Crippen LogP contribution in [0.15, 0.2) is 55.6 Å². The van der Waals surface area contributed by atoms with Crippen molar-refractivity contribution in [1.29, 1.82) is 0 Å². The SMILES string of the molecule is C=CCN(CCN1CCOCC1)C(=O)C1N(CCCO)C(=O)[C@@H]2[C@H](C(=O)N(CC=C)c3ccccc3)[C@H]3OC12CC3Br. The van der Waals surface area contributed by atoms with Crippen molar-refractivity contribution in [3.05, 3.63) is 55.6 Å². The molecule has 11 heteroatoms. The standard InChI is InChI=1S/C31H41BrN4O6/c1-3-11-34(15-14-33-16-19-41-20-17-33)30(40)27-31-21-23(32)26(42-31)24(25(31)29(39)36(27)13-8-18-37)28(38)35(12-4-2)22-9-6-5-7-10-22/h3-7,9-10,23-27,37H,1-2,8,11-21H2/t23?,24-,25-,26-,27?,31?/m0/s1. The van der Waals surface area contributed by atoms with Crippen LogP contribution in [-0.2, 0) is 23.9 Å². The van der Waals surface area contributed by atoms with E-state index in [-0.39, 0.29) is 42.2 Å². The van der Waals surface area contributed by atoms with Gasteiger partial charge in [0.25, 0.3) is 0 Å². The summed E-state index contributed by atoms with van der Waals surface area (Å²) in [6.45, 7) is 12.5. The van der Waals surface area contributed by atoms with Gasteiger partial charge < -0.3 is 29.3 Å². The van der Waals surface area contributed by atoms with Crippen LogP contribution in [-0.4, -0.2) is 126 Å².